The van der Waals surface area contributed by atoms with Gasteiger partial charge in [-0.3, -0.25) is 9.36 Å². The minimum Gasteiger partial charge on any atom is -0.347 e. The molecule has 0 aliphatic heterocycles. The minimum atomic E-state index is -0.107. The Labute approximate surface area is 148 Å². The van der Waals surface area contributed by atoms with Crippen LogP contribution in [0.15, 0.2) is 54.4 Å². The Bertz CT molecular complexity index is 1040. The van der Waals surface area contributed by atoms with Gasteiger partial charge >= 0.3 is 0 Å². The Balaban J connectivity index is 1.49. The average molecular weight is 349 g/mol. The molecule has 0 fully saturated rings. The molecule has 0 spiro atoms. The molecule has 1 aromatic carbocycles. The summed E-state index contributed by atoms with van der Waals surface area (Å²) >= 11 is 1.35. The van der Waals surface area contributed by atoms with Crippen LogP contribution in [0.25, 0.3) is 16.9 Å². The van der Waals surface area contributed by atoms with Crippen LogP contribution in [0.4, 0.5) is 0 Å². The molecule has 6 nitrogen and oxygen atoms in total. The van der Waals surface area contributed by atoms with Gasteiger partial charge in [0.2, 0.25) is 0 Å². The summed E-state index contributed by atoms with van der Waals surface area (Å²) in [6.45, 7) is 2.26. The highest BCUT2D eigenvalue weighted by Gasteiger charge is 2.11. The van der Waals surface area contributed by atoms with Crippen molar-refractivity contribution in [3.63, 3.8) is 0 Å². The van der Waals surface area contributed by atoms with Crippen molar-refractivity contribution < 1.29 is 4.79 Å². The fourth-order valence-corrected chi connectivity index (χ4v) is 3.31. The first-order chi connectivity index (χ1) is 12.2. The molecule has 0 unspecified atom stereocenters. The van der Waals surface area contributed by atoms with E-state index in [1.165, 1.54) is 11.3 Å². The van der Waals surface area contributed by atoms with Gasteiger partial charge in [-0.05, 0) is 30.7 Å². The quantitative estimate of drug-likeness (QED) is 0.614. The summed E-state index contributed by atoms with van der Waals surface area (Å²) in [7, 11) is 0. The molecular weight excluding hydrogens is 334 g/mol. The van der Waals surface area contributed by atoms with Crippen molar-refractivity contribution in [1.29, 1.82) is 0 Å². The van der Waals surface area contributed by atoms with Crippen LogP contribution in [-0.4, -0.2) is 25.4 Å². The molecule has 1 N–H and O–H groups in total. The fourth-order valence-electron chi connectivity index (χ4n) is 2.59. The lowest BCUT2D eigenvalue weighted by Gasteiger charge is -2.06. The van der Waals surface area contributed by atoms with Gasteiger partial charge in [0.25, 0.3) is 5.91 Å². The predicted octanol–water partition coefficient (Wildman–Crippen LogP) is 3.12. The third-order valence-corrected chi connectivity index (χ3v) is 4.84. The number of amides is 1. The molecule has 4 aromatic rings. The molecule has 4 rings (SSSR count). The number of fused-ring (bicyclic) bond motifs is 1. The summed E-state index contributed by atoms with van der Waals surface area (Å²) in [5.41, 5.74) is 5.31. The van der Waals surface area contributed by atoms with Gasteiger partial charge in [-0.15, -0.1) is 11.3 Å². The second-order valence-electron chi connectivity index (χ2n) is 5.58. The Morgan fingerprint density at radius 3 is 2.80 bits per heavy atom. The molecule has 0 radical (unpaired) electrons. The molecule has 0 atom stereocenters. The molecular formula is C18H15N5OS. The number of imidazole rings is 1. The van der Waals surface area contributed by atoms with E-state index in [4.69, 9.17) is 0 Å². The van der Waals surface area contributed by atoms with Crippen LogP contribution in [0, 0.1) is 6.92 Å². The highest BCUT2D eigenvalue weighted by atomic mass is 32.1. The van der Waals surface area contributed by atoms with Crippen LogP contribution in [0.1, 0.15) is 20.9 Å². The summed E-state index contributed by atoms with van der Waals surface area (Å²) in [5, 5.41) is 2.90. The van der Waals surface area contributed by atoms with Crippen LogP contribution in [0.3, 0.4) is 0 Å². The summed E-state index contributed by atoms with van der Waals surface area (Å²) in [5.74, 6) is 0.687. The number of nitrogens with one attached hydrogen (secondary N) is 1. The largest absolute Gasteiger partial charge is 0.347 e. The van der Waals surface area contributed by atoms with E-state index < -0.39 is 0 Å². The first kappa shape index (κ1) is 15.5. The molecule has 0 aliphatic rings. The molecule has 7 heteroatoms. The molecule has 0 saturated heterocycles. The Hall–Kier alpha value is -3.06. The standard InChI is InChI=1S/C18H15N5OS/c1-12-17(25-11-22-12)18(24)20-9-13-6-7-16(19-8-13)23-10-21-14-4-2-3-5-15(14)23/h2-8,10-11H,9H2,1H3,(H,20,24). The zero-order chi connectivity index (χ0) is 17.2. The molecule has 124 valence electrons. The van der Waals surface area contributed by atoms with Crippen molar-refractivity contribution in [2.45, 2.75) is 13.5 Å². The van der Waals surface area contributed by atoms with Crippen molar-refractivity contribution in [1.82, 2.24) is 24.8 Å². The maximum Gasteiger partial charge on any atom is 0.263 e. The number of aryl methyl sites for hydroxylation is 1. The minimum absolute atomic E-state index is 0.107. The third kappa shape index (κ3) is 3.01. The highest BCUT2D eigenvalue weighted by molar-refractivity contribution is 7.11. The van der Waals surface area contributed by atoms with Gasteiger partial charge in [0, 0.05) is 12.7 Å². The van der Waals surface area contributed by atoms with Gasteiger partial charge in [0.05, 0.1) is 22.2 Å². The van der Waals surface area contributed by atoms with E-state index in [0.717, 1.165) is 28.1 Å². The lowest BCUT2D eigenvalue weighted by Crippen LogP contribution is -2.22. The van der Waals surface area contributed by atoms with E-state index in [-0.39, 0.29) is 5.91 Å². The van der Waals surface area contributed by atoms with E-state index in [0.29, 0.717) is 11.4 Å². The number of benzene rings is 1. The Morgan fingerprint density at radius 1 is 1.16 bits per heavy atom. The number of nitrogens with zero attached hydrogens (tertiary/aromatic N) is 4. The molecule has 3 aromatic heterocycles. The van der Waals surface area contributed by atoms with Crippen LogP contribution < -0.4 is 5.32 Å². The van der Waals surface area contributed by atoms with E-state index in [2.05, 4.69) is 20.3 Å². The molecule has 0 saturated carbocycles. The van der Waals surface area contributed by atoms with Gasteiger partial charge in [-0.25, -0.2) is 15.0 Å². The SMILES string of the molecule is Cc1ncsc1C(=O)NCc1ccc(-n2cnc3ccccc32)nc1. The van der Waals surface area contributed by atoms with Crippen LogP contribution in [-0.2, 0) is 6.54 Å². The Morgan fingerprint density at radius 2 is 2.04 bits per heavy atom. The number of carbonyl (C=O) groups excluding carboxylic acids is 1. The number of carbonyl (C=O) groups is 1. The average Bonchev–Trinajstić information content (AvgIpc) is 3.26. The molecule has 1 amide bonds. The third-order valence-electron chi connectivity index (χ3n) is 3.91. The molecule has 3 heterocycles. The molecule has 0 aliphatic carbocycles. The summed E-state index contributed by atoms with van der Waals surface area (Å²) in [6.07, 6.45) is 3.53. The summed E-state index contributed by atoms with van der Waals surface area (Å²) < 4.78 is 1.94. The van der Waals surface area contributed by atoms with E-state index in [9.17, 15) is 4.79 Å². The second kappa shape index (κ2) is 6.45. The van der Waals surface area contributed by atoms with Gasteiger partial charge in [-0.2, -0.15) is 0 Å². The lowest BCUT2D eigenvalue weighted by atomic mass is 10.2. The van der Waals surface area contributed by atoms with Gasteiger partial charge in [-0.1, -0.05) is 18.2 Å². The number of para-hydroxylation sites is 2. The zero-order valence-electron chi connectivity index (χ0n) is 13.5. The fraction of sp³-hybridized carbons (Fsp3) is 0.111. The summed E-state index contributed by atoms with van der Waals surface area (Å²) in [4.78, 5) is 25.7. The van der Waals surface area contributed by atoms with E-state index in [1.807, 2.05) is 47.9 Å². The normalized spacial score (nSPS) is 10.9. The number of rotatable bonds is 4. The number of hydrogen-bond donors (Lipinski definition) is 1. The van der Waals surface area contributed by atoms with Crippen molar-refractivity contribution in [2.24, 2.45) is 0 Å². The van der Waals surface area contributed by atoms with Crippen LogP contribution >= 0.6 is 11.3 Å². The van der Waals surface area contributed by atoms with Gasteiger partial charge in [0.1, 0.15) is 17.0 Å². The molecule has 25 heavy (non-hydrogen) atoms. The van der Waals surface area contributed by atoms with Gasteiger partial charge < -0.3 is 5.32 Å². The van der Waals surface area contributed by atoms with E-state index >= 15 is 0 Å². The Kier molecular flexibility index (Phi) is 3.99. The predicted molar refractivity (Wildman–Crippen MR) is 96.9 cm³/mol. The molecule has 0 bridgehead atoms. The van der Waals surface area contributed by atoms with Crippen molar-refractivity contribution in [3.05, 3.63) is 70.6 Å². The van der Waals surface area contributed by atoms with Crippen LogP contribution in [0.2, 0.25) is 0 Å². The topological polar surface area (TPSA) is 72.7 Å². The maximum atomic E-state index is 12.1. The van der Waals surface area contributed by atoms with Crippen LogP contribution in [0.5, 0.6) is 0 Å². The first-order valence-corrected chi connectivity index (χ1v) is 8.66. The number of pyridine rings is 1. The summed E-state index contributed by atoms with van der Waals surface area (Å²) in [6, 6.07) is 11.8. The van der Waals surface area contributed by atoms with Crippen molar-refractivity contribution >= 4 is 28.3 Å². The highest BCUT2D eigenvalue weighted by Crippen LogP contribution is 2.16. The van der Waals surface area contributed by atoms with Crippen molar-refractivity contribution in [3.8, 4) is 5.82 Å². The van der Waals surface area contributed by atoms with Gasteiger partial charge in [0.15, 0.2) is 0 Å². The monoisotopic (exact) mass is 349 g/mol. The first-order valence-electron chi connectivity index (χ1n) is 7.78. The number of thiazole rings is 1. The second-order valence-corrected chi connectivity index (χ2v) is 6.43. The zero-order valence-corrected chi connectivity index (χ0v) is 14.3. The van der Waals surface area contributed by atoms with E-state index in [1.54, 1.807) is 18.0 Å². The maximum absolute atomic E-state index is 12.1. The number of hydrogen-bond acceptors (Lipinski definition) is 5. The lowest BCUT2D eigenvalue weighted by molar-refractivity contribution is 0.0954. The smallest absolute Gasteiger partial charge is 0.263 e. The van der Waals surface area contributed by atoms with Crippen molar-refractivity contribution in [2.75, 3.05) is 0 Å². The number of aromatic nitrogens is 4.